The molecule has 0 saturated heterocycles. The number of hydrogen-bond acceptors (Lipinski definition) is 5. The number of halogens is 1. The van der Waals surface area contributed by atoms with Crippen molar-refractivity contribution in [1.29, 1.82) is 0 Å². The summed E-state index contributed by atoms with van der Waals surface area (Å²) in [6.07, 6.45) is 0. The van der Waals surface area contributed by atoms with E-state index in [1.165, 1.54) is 12.1 Å². The van der Waals surface area contributed by atoms with E-state index in [9.17, 15) is 10.1 Å². The number of aryl methyl sites for hydroxylation is 2. The Labute approximate surface area is 125 Å². The quantitative estimate of drug-likeness (QED) is 0.476. The summed E-state index contributed by atoms with van der Waals surface area (Å²) in [4.78, 5) is 15.8. The molecule has 0 aliphatic rings. The van der Waals surface area contributed by atoms with Gasteiger partial charge in [-0.25, -0.2) is 4.98 Å². The summed E-state index contributed by atoms with van der Waals surface area (Å²) in [5, 5.41) is 11.6. The molecule has 0 aliphatic carbocycles. The molecule has 7 heteroatoms. The number of thiazole rings is 1. The topological polar surface area (TPSA) is 65.3 Å². The molecule has 0 bridgehead atoms. The van der Waals surface area contributed by atoms with Gasteiger partial charge in [-0.2, -0.15) is 0 Å². The van der Waals surface area contributed by atoms with Crippen LogP contribution in [0.15, 0.2) is 18.2 Å². The summed E-state index contributed by atoms with van der Waals surface area (Å²) >= 11 is 7.38. The maximum absolute atomic E-state index is 10.7. The molecule has 2 aromatic rings. The highest BCUT2D eigenvalue weighted by molar-refractivity contribution is 7.11. The zero-order valence-corrected chi connectivity index (χ0v) is 12.6. The van der Waals surface area contributed by atoms with E-state index in [-0.39, 0.29) is 11.6 Å². The van der Waals surface area contributed by atoms with Crippen LogP contribution < -0.4 is 4.74 Å². The lowest BCUT2D eigenvalue weighted by Gasteiger charge is -2.08. The van der Waals surface area contributed by atoms with Gasteiger partial charge < -0.3 is 4.74 Å². The summed E-state index contributed by atoms with van der Waals surface area (Å²) in [5.74, 6) is 0.712. The fourth-order valence-corrected chi connectivity index (χ4v) is 2.72. The normalized spacial score (nSPS) is 10.6. The van der Waals surface area contributed by atoms with Gasteiger partial charge in [-0.1, -0.05) is 0 Å². The van der Waals surface area contributed by atoms with Crippen molar-refractivity contribution in [1.82, 2.24) is 4.98 Å². The molecule has 2 rings (SSSR count). The molecule has 0 amide bonds. The van der Waals surface area contributed by atoms with Crippen LogP contribution >= 0.6 is 22.9 Å². The highest BCUT2D eigenvalue weighted by Crippen LogP contribution is 2.27. The first kappa shape index (κ1) is 14.7. The van der Waals surface area contributed by atoms with E-state index in [4.69, 9.17) is 16.3 Å². The molecule has 0 N–H and O–H groups in total. The standard InChI is InChI=1S/C13H13ClN2O3S/c1-8-9(2)20-13(15-8)7-19-12-4-3-11(16(17)18)5-10(12)6-14/h3-5H,6-7H2,1-2H3. The molecule has 20 heavy (non-hydrogen) atoms. The van der Waals surface area contributed by atoms with Crippen molar-refractivity contribution < 1.29 is 9.66 Å². The number of alkyl halides is 1. The number of ether oxygens (including phenoxy) is 1. The molecule has 0 atom stereocenters. The molecule has 106 valence electrons. The van der Waals surface area contributed by atoms with Gasteiger partial charge in [-0.3, -0.25) is 10.1 Å². The molecule has 0 unspecified atom stereocenters. The van der Waals surface area contributed by atoms with Gasteiger partial charge in [0.25, 0.3) is 5.69 Å². The fourth-order valence-electron chi connectivity index (χ4n) is 1.67. The Hall–Kier alpha value is -1.66. The van der Waals surface area contributed by atoms with Gasteiger partial charge in [0.2, 0.25) is 0 Å². The Kier molecular flexibility index (Phi) is 4.57. The Morgan fingerprint density at radius 1 is 1.45 bits per heavy atom. The van der Waals surface area contributed by atoms with E-state index in [2.05, 4.69) is 4.98 Å². The van der Waals surface area contributed by atoms with Crippen molar-refractivity contribution in [2.75, 3.05) is 0 Å². The van der Waals surface area contributed by atoms with E-state index in [0.29, 0.717) is 17.9 Å². The second-order valence-electron chi connectivity index (χ2n) is 4.22. The highest BCUT2D eigenvalue weighted by atomic mass is 35.5. The van der Waals surface area contributed by atoms with E-state index in [1.807, 2.05) is 13.8 Å². The Morgan fingerprint density at radius 2 is 2.20 bits per heavy atom. The van der Waals surface area contributed by atoms with E-state index < -0.39 is 4.92 Å². The third-order valence-electron chi connectivity index (χ3n) is 2.82. The molecule has 1 aromatic heterocycles. The maximum atomic E-state index is 10.7. The van der Waals surface area contributed by atoms with Crippen molar-refractivity contribution in [2.24, 2.45) is 0 Å². The summed E-state index contributed by atoms with van der Waals surface area (Å²) in [6, 6.07) is 4.41. The number of aromatic nitrogens is 1. The Balaban J connectivity index is 2.14. The minimum absolute atomic E-state index is 0.00828. The predicted octanol–water partition coefficient (Wildman–Crippen LogP) is 3.99. The van der Waals surface area contributed by atoms with E-state index in [0.717, 1.165) is 15.6 Å². The molecule has 1 aromatic carbocycles. The largest absolute Gasteiger partial charge is 0.486 e. The summed E-state index contributed by atoms with van der Waals surface area (Å²) in [7, 11) is 0. The third-order valence-corrected chi connectivity index (χ3v) is 4.16. The molecule has 0 radical (unpaired) electrons. The number of hydrogen-bond donors (Lipinski definition) is 0. The second-order valence-corrected chi connectivity index (χ2v) is 5.78. The minimum Gasteiger partial charge on any atom is -0.486 e. The van der Waals surface area contributed by atoms with Crippen LogP contribution in [0.3, 0.4) is 0 Å². The summed E-state index contributed by atoms with van der Waals surface area (Å²) < 4.78 is 5.66. The van der Waals surface area contributed by atoms with Gasteiger partial charge in [0.05, 0.1) is 16.5 Å². The lowest BCUT2D eigenvalue weighted by molar-refractivity contribution is -0.384. The van der Waals surface area contributed by atoms with Crippen LogP contribution in [0, 0.1) is 24.0 Å². The predicted molar refractivity (Wildman–Crippen MR) is 78.6 cm³/mol. The average Bonchev–Trinajstić information content (AvgIpc) is 2.75. The molecule has 5 nitrogen and oxygen atoms in total. The van der Waals surface area contributed by atoms with Crippen LogP contribution in [0.1, 0.15) is 21.1 Å². The van der Waals surface area contributed by atoms with Crippen LogP contribution in [0.2, 0.25) is 0 Å². The number of benzene rings is 1. The van der Waals surface area contributed by atoms with Gasteiger partial charge in [-0.05, 0) is 19.9 Å². The molecule has 0 fully saturated rings. The summed E-state index contributed by atoms with van der Waals surface area (Å²) in [5.41, 5.74) is 1.61. The second kappa shape index (κ2) is 6.19. The molecule has 0 spiro atoms. The van der Waals surface area contributed by atoms with Crippen LogP contribution in [0.25, 0.3) is 0 Å². The van der Waals surface area contributed by atoms with Gasteiger partial charge in [0, 0.05) is 22.6 Å². The number of rotatable bonds is 5. The summed E-state index contributed by atoms with van der Waals surface area (Å²) in [6.45, 7) is 4.29. The molecular formula is C13H13ClN2O3S. The van der Waals surface area contributed by atoms with Gasteiger partial charge in [-0.15, -0.1) is 22.9 Å². The third kappa shape index (κ3) is 3.26. The number of nitro groups is 1. The van der Waals surface area contributed by atoms with Crippen LogP contribution in [0.5, 0.6) is 5.75 Å². The number of nitro benzene ring substituents is 1. The van der Waals surface area contributed by atoms with Gasteiger partial charge in [0.15, 0.2) is 0 Å². The van der Waals surface area contributed by atoms with Crippen LogP contribution in [-0.2, 0) is 12.5 Å². The molecule has 1 heterocycles. The molecule has 0 aliphatic heterocycles. The minimum atomic E-state index is -0.451. The van der Waals surface area contributed by atoms with Crippen molar-refractivity contribution in [3.63, 3.8) is 0 Å². The molecular weight excluding hydrogens is 300 g/mol. The maximum Gasteiger partial charge on any atom is 0.270 e. The Morgan fingerprint density at radius 3 is 2.75 bits per heavy atom. The first-order valence-corrected chi connectivity index (χ1v) is 7.25. The van der Waals surface area contributed by atoms with Crippen molar-refractivity contribution in [2.45, 2.75) is 26.3 Å². The lowest BCUT2D eigenvalue weighted by Crippen LogP contribution is -1.99. The number of nitrogens with zero attached hydrogens (tertiary/aromatic N) is 2. The zero-order valence-electron chi connectivity index (χ0n) is 11.1. The fraction of sp³-hybridized carbons (Fsp3) is 0.308. The van der Waals surface area contributed by atoms with Crippen molar-refractivity contribution >= 4 is 28.6 Å². The van der Waals surface area contributed by atoms with Crippen molar-refractivity contribution in [3.8, 4) is 5.75 Å². The average molecular weight is 313 g/mol. The van der Waals surface area contributed by atoms with Gasteiger partial charge in [0.1, 0.15) is 17.4 Å². The lowest BCUT2D eigenvalue weighted by atomic mass is 10.2. The highest BCUT2D eigenvalue weighted by Gasteiger charge is 2.12. The Bertz CT molecular complexity index is 623. The van der Waals surface area contributed by atoms with Crippen LogP contribution in [-0.4, -0.2) is 9.91 Å². The first-order valence-electron chi connectivity index (χ1n) is 5.90. The van der Waals surface area contributed by atoms with Crippen LogP contribution in [0.4, 0.5) is 5.69 Å². The van der Waals surface area contributed by atoms with Gasteiger partial charge >= 0.3 is 0 Å². The molecule has 0 saturated carbocycles. The monoisotopic (exact) mass is 312 g/mol. The van der Waals surface area contributed by atoms with E-state index in [1.54, 1.807) is 17.4 Å². The smallest absolute Gasteiger partial charge is 0.270 e. The SMILES string of the molecule is Cc1nc(COc2ccc([N+](=O)[O-])cc2CCl)sc1C. The van der Waals surface area contributed by atoms with E-state index >= 15 is 0 Å². The number of non-ortho nitro benzene ring substituents is 1. The van der Waals surface area contributed by atoms with Crippen molar-refractivity contribution in [3.05, 3.63) is 49.5 Å². The first-order chi connectivity index (χ1) is 9.51. The zero-order chi connectivity index (χ0) is 14.7.